The Kier molecular flexibility index (Phi) is 4.23. The average Bonchev–Trinajstić information content (AvgIpc) is 2.32. The van der Waals surface area contributed by atoms with E-state index >= 15 is 0 Å². The van der Waals surface area contributed by atoms with E-state index in [9.17, 15) is 0 Å². The van der Waals surface area contributed by atoms with Crippen molar-refractivity contribution in [3.05, 3.63) is 64.2 Å². The lowest BCUT2D eigenvalue weighted by Gasteiger charge is -2.12. The quantitative estimate of drug-likeness (QED) is 0.820. The van der Waals surface area contributed by atoms with Crippen LogP contribution in [0.25, 0.3) is 0 Å². The second-order valence-corrected chi connectivity index (χ2v) is 5.23. The van der Waals surface area contributed by atoms with E-state index in [0.717, 1.165) is 18.8 Å². The van der Waals surface area contributed by atoms with Crippen LogP contribution in [0.5, 0.6) is 0 Å². The maximum atomic E-state index is 5.78. The molecule has 3 N–H and O–H groups in total. The minimum atomic E-state index is 0.821. The van der Waals surface area contributed by atoms with Crippen LogP contribution in [-0.2, 0) is 13.1 Å². The second-order valence-electron chi connectivity index (χ2n) is 5.23. The fourth-order valence-electron chi connectivity index (χ4n) is 2.52. The lowest BCUT2D eigenvalue weighted by atomic mass is 10.00. The van der Waals surface area contributed by atoms with Crippen molar-refractivity contribution in [1.82, 2.24) is 5.32 Å². The fourth-order valence-corrected chi connectivity index (χ4v) is 2.52. The van der Waals surface area contributed by atoms with Crippen LogP contribution in [-0.4, -0.2) is 0 Å². The van der Waals surface area contributed by atoms with Gasteiger partial charge in [0.1, 0.15) is 0 Å². The Balaban J connectivity index is 2.00. The minimum Gasteiger partial charge on any atom is -0.399 e. The third-order valence-corrected chi connectivity index (χ3v) is 3.42. The number of nitrogens with two attached hydrogens (primary N) is 1. The van der Waals surface area contributed by atoms with Crippen LogP contribution < -0.4 is 11.1 Å². The zero-order valence-corrected chi connectivity index (χ0v) is 12.0. The van der Waals surface area contributed by atoms with E-state index in [2.05, 4.69) is 44.3 Å². The molecule has 2 aromatic rings. The molecule has 0 atom stereocenters. The van der Waals surface area contributed by atoms with E-state index < -0.39 is 0 Å². The first kappa shape index (κ1) is 13.6. The monoisotopic (exact) mass is 254 g/mol. The third kappa shape index (κ3) is 3.58. The first-order valence-electron chi connectivity index (χ1n) is 6.68. The summed E-state index contributed by atoms with van der Waals surface area (Å²) in [5.74, 6) is 0. The van der Waals surface area contributed by atoms with Crippen molar-refractivity contribution in [3.63, 3.8) is 0 Å². The molecule has 0 saturated heterocycles. The smallest absolute Gasteiger partial charge is 0.0317 e. The zero-order chi connectivity index (χ0) is 13.8. The molecular formula is C17H22N2. The van der Waals surface area contributed by atoms with Crippen LogP contribution in [0.3, 0.4) is 0 Å². The predicted octanol–water partition coefficient (Wildman–Crippen LogP) is 3.48. The molecule has 100 valence electrons. The van der Waals surface area contributed by atoms with Gasteiger partial charge in [0.05, 0.1) is 0 Å². The highest BCUT2D eigenvalue weighted by molar-refractivity contribution is 5.41. The summed E-state index contributed by atoms with van der Waals surface area (Å²) in [6.07, 6.45) is 0. The average molecular weight is 254 g/mol. The molecule has 0 aromatic heterocycles. The van der Waals surface area contributed by atoms with Crippen molar-refractivity contribution in [2.75, 3.05) is 5.73 Å². The summed E-state index contributed by atoms with van der Waals surface area (Å²) in [6.45, 7) is 8.24. The van der Waals surface area contributed by atoms with Crippen molar-refractivity contribution in [2.24, 2.45) is 0 Å². The van der Waals surface area contributed by atoms with Gasteiger partial charge < -0.3 is 11.1 Å². The zero-order valence-electron chi connectivity index (χ0n) is 12.0. The molecule has 0 heterocycles. The van der Waals surface area contributed by atoms with Crippen LogP contribution in [0, 0.1) is 20.8 Å². The summed E-state index contributed by atoms with van der Waals surface area (Å²) in [4.78, 5) is 0. The molecule has 0 fully saturated rings. The molecule has 2 heteroatoms. The van der Waals surface area contributed by atoms with E-state index in [-0.39, 0.29) is 0 Å². The summed E-state index contributed by atoms with van der Waals surface area (Å²) >= 11 is 0. The van der Waals surface area contributed by atoms with Crippen molar-refractivity contribution in [2.45, 2.75) is 33.9 Å². The Hall–Kier alpha value is -1.80. The summed E-state index contributed by atoms with van der Waals surface area (Å²) in [6, 6.07) is 12.5. The van der Waals surface area contributed by atoms with Crippen LogP contribution in [0.4, 0.5) is 5.69 Å². The van der Waals surface area contributed by atoms with Crippen molar-refractivity contribution in [3.8, 4) is 0 Å². The van der Waals surface area contributed by atoms with Gasteiger partial charge in [0.15, 0.2) is 0 Å². The number of anilines is 1. The van der Waals surface area contributed by atoms with E-state index in [0.29, 0.717) is 0 Å². The molecule has 19 heavy (non-hydrogen) atoms. The Labute approximate surface area is 115 Å². The second kappa shape index (κ2) is 5.89. The van der Waals surface area contributed by atoms with Gasteiger partial charge in [0.25, 0.3) is 0 Å². The van der Waals surface area contributed by atoms with Gasteiger partial charge >= 0.3 is 0 Å². The summed E-state index contributed by atoms with van der Waals surface area (Å²) < 4.78 is 0. The normalized spacial score (nSPS) is 10.7. The number of aryl methyl sites for hydroxylation is 3. The molecule has 0 aliphatic heterocycles. The number of hydrogen-bond acceptors (Lipinski definition) is 2. The van der Waals surface area contributed by atoms with Gasteiger partial charge in [-0.2, -0.15) is 0 Å². The standard InChI is InChI=1S/C17H22N2/c1-12-7-13(2)17(14(3)8-12)11-19-10-15-5-4-6-16(18)9-15/h4-9,19H,10-11,18H2,1-3H3. The SMILES string of the molecule is Cc1cc(C)c(CNCc2cccc(N)c2)c(C)c1. The molecule has 0 spiro atoms. The first-order chi connectivity index (χ1) is 9.06. The molecule has 0 bridgehead atoms. The maximum absolute atomic E-state index is 5.78. The first-order valence-corrected chi connectivity index (χ1v) is 6.68. The van der Waals surface area contributed by atoms with Gasteiger partial charge in [-0.25, -0.2) is 0 Å². The molecule has 0 aliphatic rings. The van der Waals surface area contributed by atoms with Gasteiger partial charge in [-0.15, -0.1) is 0 Å². The third-order valence-electron chi connectivity index (χ3n) is 3.42. The van der Waals surface area contributed by atoms with Crippen LogP contribution in [0.2, 0.25) is 0 Å². The van der Waals surface area contributed by atoms with Crippen molar-refractivity contribution in [1.29, 1.82) is 0 Å². The van der Waals surface area contributed by atoms with E-state index in [1.54, 1.807) is 0 Å². The van der Waals surface area contributed by atoms with Gasteiger partial charge in [0, 0.05) is 18.8 Å². The summed E-state index contributed by atoms with van der Waals surface area (Å²) in [5, 5.41) is 3.49. The Morgan fingerprint density at radius 1 is 0.947 bits per heavy atom. The van der Waals surface area contributed by atoms with E-state index in [1.807, 2.05) is 18.2 Å². The molecule has 2 rings (SSSR count). The highest BCUT2D eigenvalue weighted by atomic mass is 14.8. The number of nitrogen functional groups attached to an aromatic ring is 1. The Morgan fingerprint density at radius 2 is 1.63 bits per heavy atom. The number of benzene rings is 2. The van der Waals surface area contributed by atoms with Gasteiger partial charge in [0.2, 0.25) is 0 Å². The van der Waals surface area contributed by atoms with Crippen LogP contribution in [0.1, 0.15) is 27.8 Å². The molecular weight excluding hydrogens is 232 g/mol. The lowest BCUT2D eigenvalue weighted by molar-refractivity contribution is 0.688. The van der Waals surface area contributed by atoms with Gasteiger partial charge in [-0.1, -0.05) is 29.8 Å². The molecule has 2 aromatic carbocycles. The molecule has 0 radical (unpaired) electrons. The predicted molar refractivity (Wildman–Crippen MR) is 82.1 cm³/mol. The maximum Gasteiger partial charge on any atom is 0.0317 e. The van der Waals surface area contributed by atoms with E-state index in [4.69, 9.17) is 5.73 Å². The Bertz CT molecular complexity index is 550. The largest absolute Gasteiger partial charge is 0.399 e. The molecule has 0 saturated carbocycles. The highest BCUT2D eigenvalue weighted by Gasteiger charge is 2.03. The highest BCUT2D eigenvalue weighted by Crippen LogP contribution is 2.16. The molecule has 2 nitrogen and oxygen atoms in total. The van der Waals surface area contributed by atoms with Gasteiger partial charge in [-0.3, -0.25) is 0 Å². The number of nitrogens with one attached hydrogen (secondary N) is 1. The van der Waals surface area contributed by atoms with Crippen LogP contribution in [0.15, 0.2) is 36.4 Å². The topological polar surface area (TPSA) is 38.0 Å². The summed E-state index contributed by atoms with van der Waals surface area (Å²) in [5.41, 5.74) is 13.3. The van der Waals surface area contributed by atoms with E-state index in [1.165, 1.54) is 27.8 Å². The van der Waals surface area contributed by atoms with Crippen molar-refractivity contribution < 1.29 is 0 Å². The van der Waals surface area contributed by atoms with Crippen molar-refractivity contribution >= 4 is 5.69 Å². The summed E-state index contributed by atoms with van der Waals surface area (Å²) in [7, 11) is 0. The molecule has 0 amide bonds. The van der Waals surface area contributed by atoms with Crippen LogP contribution >= 0.6 is 0 Å². The number of rotatable bonds is 4. The molecule has 0 aliphatic carbocycles. The number of hydrogen-bond donors (Lipinski definition) is 2. The Morgan fingerprint density at radius 3 is 2.26 bits per heavy atom. The van der Waals surface area contributed by atoms with Gasteiger partial charge in [-0.05, 0) is 55.2 Å². The fraction of sp³-hybridized carbons (Fsp3) is 0.294. The lowest BCUT2D eigenvalue weighted by Crippen LogP contribution is -2.14. The minimum absolute atomic E-state index is 0.821. The molecule has 0 unspecified atom stereocenters.